The van der Waals surface area contributed by atoms with Gasteiger partial charge in [-0.25, -0.2) is 4.98 Å². The van der Waals surface area contributed by atoms with E-state index in [1.165, 1.54) is 11.1 Å². The van der Waals surface area contributed by atoms with Crippen molar-refractivity contribution in [1.82, 2.24) is 14.5 Å². The topological polar surface area (TPSA) is 64.2 Å². The molecule has 5 nitrogen and oxygen atoms in total. The lowest BCUT2D eigenvalue weighted by molar-refractivity contribution is -0.124. The van der Waals surface area contributed by atoms with Crippen LogP contribution in [-0.2, 0) is 31.4 Å². The van der Waals surface area contributed by atoms with Gasteiger partial charge in [0.15, 0.2) is 0 Å². The quantitative estimate of drug-likeness (QED) is 0.898. The third-order valence-corrected chi connectivity index (χ3v) is 3.96. The SMILES string of the molecule is Cn1cncc1CN1Cc2ccccc2C[C@@H]1C(N)=O. The van der Waals surface area contributed by atoms with Crippen molar-refractivity contribution < 1.29 is 4.79 Å². The molecule has 1 aliphatic heterocycles. The Morgan fingerprint density at radius 2 is 2.15 bits per heavy atom. The molecule has 0 aliphatic carbocycles. The molecule has 0 unspecified atom stereocenters. The summed E-state index contributed by atoms with van der Waals surface area (Å²) in [5, 5.41) is 0. The van der Waals surface area contributed by atoms with E-state index in [0.29, 0.717) is 13.0 Å². The maximum absolute atomic E-state index is 11.7. The predicted octanol–water partition coefficient (Wildman–Crippen LogP) is 0.832. The molecule has 3 rings (SSSR count). The molecular formula is C15H18N4O. The second-order valence-electron chi connectivity index (χ2n) is 5.29. The molecule has 104 valence electrons. The van der Waals surface area contributed by atoms with Gasteiger partial charge >= 0.3 is 0 Å². The van der Waals surface area contributed by atoms with Crippen LogP contribution in [0.15, 0.2) is 36.8 Å². The third kappa shape index (κ3) is 2.32. The lowest BCUT2D eigenvalue weighted by Gasteiger charge is -2.34. The van der Waals surface area contributed by atoms with Crippen LogP contribution < -0.4 is 5.73 Å². The Balaban J connectivity index is 1.89. The number of carbonyl (C=O) groups is 1. The number of nitrogens with two attached hydrogens (primary N) is 1. The summed E-state index contributed by atoms with van der Waals surface area (Å²) < 4.78 is 1.97. The molecular weight excluding hydrogens is 252 g/mol. The Kier molecular flexibility index (Phi) is 3.28. The summed E-state index contributed by atoms with van der Waals surface area (Å²) in [6, 6.07) is 7.98. The van der Waals surface area contributed by atoms with E-state index in [1.54, 1.807) is 6.33 Å². The lowest BCUT2D eigenvalue weighted by Crippen LogP contribution is -2.48. The van der Waals surface area contributed by atoms with Gasteiger partial charge in [0.2, 0.25) is 5.91 Å². The Morgan fingerprint density at radius 3 is 2.80 bits per heavy atom. The van der Waals surface area contributed by atoms with Crippen molar-refractivity contribution in [1.29, 1.82) is 0 Å². The zero-order chi connectivity index (χ0) is 14.1. The van der Waals surface area contributed by atoms with Crippen molar-refractivity contribution in [2.24, 2.45) is 12.8 Å². The predicted molar refractivity (Wildman–Crippen MR) is 75.6 cm³/mol. The minimum atomic E-state index is -0.262. The first-order valence-corrected chi connectivity index (χ1v) is 6.70. The highest BCUT2D eigenvalue weighted by Crippen LogP contribution is 2.24. The second kappa shape index (κ2) is 5.09. The second-order valence-corrected chi connectivity index (χ2v) is 5.29. The molecule has 2 heterocycles. The van der Waals surface area contributed by atoms with Crippen LogP contribution in [0.5, 0.6) is 0 Å². The number of fused-ring (bicyclic) bond motifs is 1. The maximum Gasteiger partial charge on any atom is 0.235 e. The summed E-state index contributed by atoms with van der Waals surface area (Å²) >= 11 is 0. The summed E-state index contributed by atoms with van der Waals surface area (Å²) in [6.45, 7) is 1.42. The highest BCUT2D eigenvalue weighted by atomic mass is 16.1. The van der Waals surface area contributed by atoms with Crippen molar-refractivity contribution >= 4 is 5.91 Å². The number of imidazole rings is 1. The fourth-order valence-corrected chi connectivity index (χ4v) is 2.77. The van der Waals surface area contributed by atoms with Crippen LogP contribution in [0, 0.1) is 0 Å². The highest BCUT2D eigenvalue weighted by molar-refractivity contribution is 5.80. The smallest absolute Gasteiger partial charge is 0.235 e. The first-order valence-electron chi connectivity index (χ1n) is 6.70. The Labute approximate surface area is 118 Å². The number of amides is 1. The molecule has 0 bridgehead atoms. The molecule has 2 N–H and O–H groups in total. The molecule has 1 aromatic heterocycles. The van der Waals surface area contributed by atoms with Gasteiger partial charge in [-0.05, 0) is 17.5 Å². The first kappa shape index (κ1) is 12.9. The fourth-order valence-electron chi connectivity index (χ4n) is 2.77. The minimum absolute atomic E-state index is 0.250. The van der Waals surface area contributed by atoms with Gasteiger partial charge in [0, 0.05) is 26.3 Å². The number of primary amides is 1. The number of aryl methyl sites for hydroxylation is 1. The number of carbonyl (C=O) groups excluding carboxylic acids is 1. The van der Waals surface area contributed by atoms with Crippen molar-refractivity contribution in [2.45, 2.75) is 25.6 Å². The van der Waals surface area contributed by atoms with E-state index in [-0.39, 0.29) is 11.9 Å². The van der Waals surface area contributed by atoms with Crippen molar-refractivity contribution in [3.63, 3.8) is 0 Å². The molecule has 2 aromatic rings. The molecule has 0 saturated carbocycles. The number of rotatable bonds is 3. The van der Waals surface area contributed by atoms with Crippen molar-refractivity contribution in [3.8, 4) is 0 Å². The van der Waals surface area contributed by atoms with E-state index in [4.69, 9.17) is 5.73 Å². The number of aromatic nitrogens is 2. The molecule has 1 amide bonds. The van der Waals surface area contributed by atoms with Crippen LogP contribution in [0.1, 0.15) is 16.8 Å². The lowest BCUT2D eigenvalue weighted by atomic mass is 9.93. The summed E-state index contributed by atoms with van der Waals surface area (Å²) in [6.07, 6.45) is 4.29. The van der Waals surface area contributed by atoms with E-state index in [2.05, 4.69) is 22.0 Å². The molecule has 1 atom stereocenters. The van der Waals surface area contributed by atoms with E-state index in [9.17, 15) is 4.79 Å². The van der Waals surface area contributed by atoms with Crippen LogP contribution in [-0.4, -0.2) is 26.4 Å². The van der Waals surface area contributed by atoms with Gasteiger partial charge in [-0.2, -0.15) is 0 Å². The van der Waals surface area contributed by atoms with Gasteiger partial charge in [-0.15, -0.1) is 0 Å². The van der Waals surface area contributed by atoms with Crippen LogP contribution in [0.4, 0.5) is 0 Å². The van der Waals surface area contributed by atoms with Crippen molar-refractivity contribution in [3.05, 3.63) is 53.6 Å². The molecule has 20 heavy (non-hydrogen) atoms. The summed E-state index contributed by atoms with van der Waals surface area (Å²) in [5.74, 6) is -0.262. The molecule has 5 heteroatoms. The van der Waals surface area contributed by atoms with E-state index < -0.39 is 0 Å². The van der Waals surface area contributed by atoms with Crippen molar-refractivity contribution in [2.75, 3.05) is 0 Å². The zero-order valence-electron chi connectivity index (χ0n) is 11.5. The zero-order valence-corrected chi connectivity index (χ0v) is 11.5. The Bertz CT molecular complexity index is 634. The normalized spacial score (nSPS) is 18.8. The number of nitrogens with zero attached hydrogens (tertiary/aromatic N) is 3. The first-order chi connectivity index (χ1) is 9.65. The standard InChI is InChI=1S/C15H18N4O/c1-18-10-17-7-13(18)9-19-8-12-5-3-2-4-11(12)6-14(19)15(16)20/h2-5,7,10,14H,6,8-9H2,1H3,(H2,16,20)/t14-/m1/s1. The molecule has 1 aromatic carbocycles. The van der Waals surface area contributed by atoms with E-state index >= 15 is 0 Å². The van der Waals surface area contributed by atoms with E-state index in [1.807, 2.05) is 29.9 Å². The largest absolute Gasteiger partial charge is 0.368 e. The molecule has 0 saturated heterocycles. The highest BCUT2D eigenvalue weighted by Gasteiger charge is 2.30. The maximum atomic E-state index is 11.7. The van der Waals surface area contributed by atoms with Gasteiger partial charge in [0.1, 0.15) is 0 Å². The summed E-state index contributed by atoms with van der Waals surface area (Å²) in [5.41, 5.74) is 9.15. The Morgan fingerprint density at radius 1 is 1.40 bits per heavy atom. The van der Waals surface area contributed by atoms with Gasteiger partial charge in [-0.1, -0.05) is 24.3 Å². The average molecular weight is 270 g/mol. The third-order valence-electron chi connectivity index (χ3n) is 3.96. The van der Waals surface area contributed by atoms with Gasteiger partial charge in [0.05, 0.1) is 18.1 Å². The number of hydrogen-bond donors (Lipinski definition) is 1. The van der Waals surface area contributed by atoms with Gasteiger partial charge in [0.25, 0.3) is 0 Å². The number of hydrogen-bond acceptors (Lipinski definition) is 3. The summed E-state index contributed by atoms with van der Waals surface area (Å²) in [7, 11) is 1.96. The van der Waals surface area contributed by atoms with Crippen LogP contribution in [0.25, 0.3) is 0 Å². The minimum Gasteiger partial charge on any atom is -0.368 e. The van der Waals surface area contributed by atoms with E-state index in [0.717, 1.165) is 12.2 Å². The molecule has 0 fully saturated rings. The van der Waals surface area contributed by atoms with Crippen LogP contribution in [0.2, 0.25) is 0 Å². The van der Waals surface area contributed by atoms with Gasteiger partial charge < -0.3 is 10.3 Å². The number of benzene rings is 1. The fraction of sp³-hybridized carbons (Fsp3) is 0.333. The average Bonchev–Trinajstić information content (AvgIpc) is 2.83. The van der Waals surface area contributed by atoms with Crippen LogP contribution in [0.3, 0.4) is 0 Å². The molecule has 0 spiro atoms. The van der Waals surface area contributed by atoms with Gasteiger partial charge in [-0.3, -0.25) is 9.69 Å². The molecule has 1 aliphatic rings. The summed E-state index contributed by atoms with van der Waals surface area (Å²) in [4.78, 5) is 18.0. The Hall–Kier alpha value is -2.14. The molecule has 0 radical (unpaired) electrons. The van der Waals surface area contributed by atoms with Crippen LogP contribution >= 0.6 is 0 Å². The monoisotopic (exact) mass is 270 g/mol.